The van der Waals surface area contributed by atoms with E-state index in [-0.39, 0.29) is 12.3 Å². The van der Waals surface area contributed by atoms with E-state index < -0.39 is 12.0 Å². The van der Waals surface area contributed by atoms with Crippen molar-refractivity contribution in [2.75, 3.05) is 7.05 Å². The third kappa shape index (κ3) is 4.37. The molecule has 1 aromatic rings. The molecule has 5 nitrogen and oxygen atoms in total. The van der Waals surface area contributed by atoms with Gasteiger partial charge in [0.1, 0.15) is 0 Å². The van der Waals surface area contributed by atoms with Gasteiger partial charge in [0.05, 0.1) is 12.5 Å². The van der Waals surface area contributed by atoms with Crippen molar-refractivity contribution in [1.29, 1.82) is 0 Å². The monoisotopic (exact) mass is 264 g/mol. The number of carboxylic acid groups (broad SMARTS) is 1. The molecule has 1 unspecified atom stereocenters. The number of benzene rings is 1. The van der Waals surface area contributed by atoms with Crippen LogP contribution in [0.15, 0.2) is 18.2 Å². The Morgan fingerprint density at radius 3 is 2.58 bits per heavy atom. The second-order valence-electron chi connectivity index (χ2n) is 4.83. The smallest absolute Gasteiger partial charge is 0.305 e. The SMILES string of the molecule is Cc1ccc(C)c(CN(C)C(=O)C(N)CC(=O)O)c1. The predicted molar refractivity (Wildman–Crippen MR) is 72.6 cm³/mol. The minimum absolute atomic E-state index is 0.351. The van der Waals surface area contributed by atoms with Crippen LogP contribution in [0.1, 0.15) is 23.1 Å². The van der Waals surface area contributed by atoms with Crippen molar-refractivity contribution in [3.63, 3.8) is 0 Å². The normalized spacial score (nSPS) is 12.0. The number of carboxylic acids is 1. The molecule has 0 fully saturated rings. The van der Waals surface area contributed by atoms with Gasteiger partial charge in [0, 0.05) is 13.6 Å². The lowest BCUT2D eigenvalue weighted by Gasteiger charge is -2.21. The van der Waals surface area contributed by atoms with E-state index in [1.54, 1.807) is 7.05 Å². The number of aryl methyl sites for hydroxylation is 2. The molecule has 0 saturated carbocycles. The van der Waals surface area contributed by atoms with E-state index in [0.29, 0.717) is 6.54 Å². The summed E-state index contributed by atoms with van der Waals surface area (Å²) in [5.74, 6) is -1.43. The minimum atomic E-state index is -1.07. The number of amides is 1. The summed E-state index contributed by atoms with van der Waals surface area (Å²) < 4.78 is 0. The van der Waals surface area contributed by atoms with Crippen LogP contribution in [-0.4, -0.2) is 35.0 Å². The van der Waals surface area contributed by atoms with Gasteiger partial charge in [0.25, 0.3) is 0 Å². The Morgan fingerprint density at radius 1 is 1.37 bits per heavy atom. The van der Waals surface area contributed by atoms with Gasteiger partial charge in [0.15, 0.2) is 0 Å². The Labute approximate surface area is 113 Å². The van der Waals surface area contributed by atoms with Crippen molar-refractivity contribution in [2.24, 2.45) is 5.73 Å². The topological polar surface area (TPSA) is 83.6 Å². The quantitative estimate of drug-likeness (QED) is 0.833. The molecule has 3 N–H and O–H groups in total. The van der Waals surface area contributed by atoms with Crippen LogP contribution in [0.25, 0.3) is 0 Å². The first-order valence-electron chi connectivity index (χ1n) is 6.09. The van der Waals surface area contributed by atoms with Gasteiger partial charge in [-0.05, 0) is 25.0 Å². The molecular weight excluding hydrogens is 244 g/mol. The molecule has 0 aliphatic rings. The molecule has 1 rings (SSSR count). The lowest BCUT2D eigenvalue weighted by atomic mass is 10.0. The van der Waals surface area contributed by atoms with Gasteiger partial charge in [0.2, 0.25) is 5.91 Å². The number of nitrogens with zero attached hydrogens (tertiary/aromatic N) is 1. The van der Waals surface area contributed by atoms with Gasteiger partial charge in [-0.15, -0.1) is 0 Å². The first kappa shape index (κ1) is 15.2. The summed E-state index contributed by atoms with van der Waals surface area (Å²) in [6, 6.07) is 5.03. The summed E-state index contributed by atoms with van der Waals surface area (Å²) in [4.78, 5) is 23.9. The Hall–Kier alpha value is -1.88. The van der Waals surface area contributed by atoms with E-state index in [2.05, 4.69) is 0 Å². The molecule has 1 amide bonds. The fourth-order valence-corrected chi connectivity index (χ4v) is 1.86. The van der Waals surface area contributed by atoms with E-state index in [0.717, 1.165) is 16.7 Å². The van der Waals surface area contributed by atoms with E-state index in [4.69, 9.17) is 10.8 Å². The van der Waals surface area contributed by atoms with E-state index in [1.807, 2.05) is 32.0 Å². The molecule has 0 aromatic heterocycles. The Kier molecular flexibility index (Phi) is 5.06. The maximum atomic E-state index is 11.9. The number of carbonyl (C=O) groups is 2. The number of aliphatic carboxylic acids is 1. The zero-order valence-corrected chi connectivity index (χ0v) is 11.5. The van der Waals surface area contributed by atoms with Crippen LogP contribution in [0.4, 0.5) is 0 Å². The molecule has 0 bridgehead atoms. The van der Waals surface area contributed by atoms with Crippen LogP contribution in [-0.2, 0) is 16.1 Å². The first-order valence-corrected chi connectivity index (χ1v) is 6.09. The molecule has 0 heterocycles. The van der Waals surface area contributed by atoms with Gasteiger partial charge in [-0.3, -0.25) is 9.59 Å². The van der Waals surface area contributed by atoms with Crippen molar-refractivity contribution in [3.05, 3.63) is 34.9 Å². The average molecular weight is 264 g/mol. The summed E-state index contributed by atoms with van der Waals surface area (Å²) >= 11 is 0. The largest absolute Gasteiger partial charge is 0.481 e. The molecule has 0 radical (unpaired) electrons. The van der Waals surface area contributed by atoms with Crippen LogP contribution in [0.3, 0.4) is 0 Å². The van der Waals surface area contributed by atoms with Crippen molar-refractivity contribution in [3.8, 4) is 0 Å². The first-order chi connectivity index (χ1) is 8.81. The van der Waals surface area contributed by atoms with Crippen molar-refractivity contribution < 1.29 is 14.7 Å². The number of rotatable bonds is 5. The van der Waals surface area contributed by atoms with Crippen LogP contribution in [0, 0.1) is 13.8 Å². The fraction of sp³-hybridized carbons (Fsp3) is 0.429. The van der Waals surface area contributed by atoms with Crippen molar-refractivity contribution in [1.82, 2.24) is 4.90 Å². The molecule has 19 heavy (non-hydrogen) atoms. The van der Waals surface area contributed by atoms with Gasteiger partial charge in [-0.1, -0.05) is 23.8 Å². The van der Waals surface area contributed by atoms with Gasteiger partial charge >= 0.3 is 5.97 Å². The van der Waals surface area contributed by atoms with Crippen LogP contribution in [0.5, 0.6) is 0 Å². The number of hydrogen-bond donors (Lipinski definition) is 2. The van der Waals surface area contributed by atoms with Crippen molar-refractivity contribution in [2.45, 2.75) is 32.9 Å². The highest BCUT2D eigenvalue weighted by Crippen LogP contribution is 2.13. The average Bonchev–Trinajstić information content (AvgIpc) is 2.31. The minimum Gasteiger partial charge on any atom is -0.481 e. The molecule has 0 aliphatic carbocycles. The molecular formula is C14H20N2O3. The molecule has 0 spiro atoms. The Balaban J connectivity index is 2.73. The highest BCUT2D eigenvalue weighted by atomic mass is 16.4. The standard InChI is InChI=1S/C14H20N2O3/c1-9-4-5-10(2)11(6-9)8-16(3)14(19)12(15)7-13(17)18/h4-6,12H,7-8,15H2,1-3H3,(H,17,18). The molecule has 0 aliphatic heterocycles. The van der Waals surface area contributed by atoms with Gasteiger partial charge < -0.3 is 15.7 Å². The maximum absolute atomic E-state index is 11.9. The molecule has 0 saturated heterocycles. The van der Waals surface area contributed by atoms with Crippen LogP contribution >= 0.6 is 0 Å². The third-order valence-corrected chi connectivity index (χ3v) is 3.00. The lowest BCUT2D eigenvalue weighted by Crippen LogP contribution is -2.42. The van der Waals surface area contributed by atoms with E-state index in [1.165, 1.54) is 4.90 Å². The fourth-order valence-electron chi connectivity index (χ4n) is 1.86. The summed E-state index contributed by atoms with van der Waals surface area (Å²) in [5, 5.41) is 8.63. The van der Waals surface area contributed by atoms with E-state index in [9.17, 15) is 9.59 Å². The zero-order chi connectivity index (χ0) is 14.6. The summed E-state index contributed by atoms with van der Waals surface area (Å²) in [6.45, 7) is 4.39. The lowest BCUT2D eigenvalue weighted by molar-refractivity contribution is -0.141. The number of hydrogen-bond acceptors (Lipinski definition) is 3. The zero-order valence-electron chi connectivity index (χ0n) is 11.5. The molecule has 5 heteroatoms. The maximum Gasteiger partial charge on any atom is 0.305 e. The third-order valence-electron chi connectivity index (χ3n) is 3.00. The summed E-state index contributed by atoms with van der Waals surface area (Å²) in [6.07, 6.45) is -0.351. The number of carbonyl (C=O) groups excluding carboxylic acids is 1. The van der Waals surface area contributed by atoms with Crippen LogP contribution < -0.4 is 5.73 Å². The molecule has 104 valence electrons. The van der Waals surface area contributed by atoms with Crippen LogP contribution in [0.2, 0.25) is 0 Å². The molecule has 1 atom stereocenters. The van der Waals surface area contributed by atoms with E-state index >= 15 is 0 Å². The second-order valence-corrected chi connectivity index (χ2v) is 4.83. The van der Waals surface area contributed by atoms with Gasteiger partial charge in [-0.2, -0.15) is 0 Å². The van der Waals surface area contributed by atoms with Crippen molar-refractivity contribution >= 4 is 11.9 Å². The Morgan fingerprint density at radius 2 is 2.00 bits per heavy atom. The Bertz CT molecular complexity index is 486. The van der Waals surface area contributed by atoms with Gasteiger partial charge in [-0.25, -0.2) is 0 Å². The summed E-state index contributed by atoms with van der Waals surface area (Å²) in [5.41, 5.74) is 8.82. The summed E-state index contributed by atoms with van der Waals surface area (Å²) in [7, 11) is 1.63. The highest BCUT2D eigenvalue weighted by Gasteiger charge is 2.21. The molecule has 1 aromatic carbocycles. The predicted octanol–water partition coefficient (Wildman–Crippen LogP) is 1.06. The number of likely N-dealkylation sites (N-methyl/N-ethyl adjacent to an activating group) is 1. The highest BCUT2D eigenvalue weighted by molar-refractivity contribution is 5.85. The second kappa shape index (κ2) is 6.33. The number of nitrogens with two attached hydrogens (primary N) is 1.